The van der Waals surface area contributed by atoms with Crippen molar-refractivity contribution in [1.29, 1.82) is 0 Å². The summed E-state index contributed by atoms with van der Waals surface area (Å²) in [5.41, 5.74) is 2.06. The van der Waals surface area contributed by atoms with E-state index in [0.717, 1.165) is 23.2 Å². The molecule has 118 valence electrons. The summed E-state index contributed by atoms with van der Waals surface area (Å²) < 4.78 is 27.9. The fourth-order valence-electron chi connectivity index (χ4n) is 2.15. The van der Waals surface area contributed by atoms with Crippen molar-refractivity contribution >= 4 is 34.4 Å². The summed E-state index contributed by atoms with van der Waals surface area (Å²) in [5.74, 6) is -2.13. The largest absolute Gasteiger partial charge is 0.325 e. The van der Waals surface area contributed by atoms with Crippen LogP contribution in [0.25, 0.3) is 11.0 Å². The molecule has 0 fully saturated rings. The average Bonchev–Trinajstić information content (AvgIpc) is 2.86. The molecule has 0 saturated carbocycles. The maximum atomic E-state index is 13.1. The smallest absolute Gasteiger partial charge is 0.234 e. The number of aryl methyl sites for hydroxylation is 1. The van der Waals surface area contributed by atoms with Crippen molar-refractivity contribution < 1.29 is 13.6 Å². The van der Waals surface area contributed by atoms with Gasteiger partial charge in [0.1, 0.15) is 0 Å². The molecule has 0 radical (unpaired) electrons. The molecular weight excluding hydrogens is 320 g/mol. The number of benzene rings is 2. The van der Waals surface area contributed by atoms with Gasteiger partial charge in [-0.1, -0.05) is 23.9 Å². The molecule has 1 N–H and O–H groups in total. The van der Waals surface area contributed by atoms with E-state index in [0.29, 0.717) is 5.16 Å². The number of hydrogen-bond acceptors (Lipinski definition) is 3. The molecule has 0 aliphatic carbocycles. The Morgan fingerprint density at radius 3 is 2.74 bits per heavy atom. The lowest BCUT2D eigenvalue weighted by Crippen LogP contribution is -2.14. The third-order valence-electron chi connectivity index (χ3n) is 3.28. The van der Waals surface area contributed by atoms with Gasteiger partial charge >= 0.3 is 0 Å². The van der Waals surface area contributed by atoms with Gasteiger partial charge in [-0.05, 0) is 24.3 Å². The standard InChI is InChI=1S/C16H13F2N3OS/c1-21-14-5-3-2-4-13(14)20-16(21)23-9-15(22)19-10-6-7-11(17)12(18)8-10/h2-8H,9H2,1H3,(H,19,22). The van der Waals surface area contributed by atoms with Crippen molar-refractivity contribution in [3.05, 3.63) is 54.1 Å². The van der Waals surface area contributed by atoms with E-state index >= 15 is 0 Å². The number of rotatable bonds is 4. The summed E-state index contributed by atoms with van der Waals surface area (Å²) in [6.45, 7) is 0. The lowest BCUT2D eigenvalue weighted by atomic mass is 10.3. The zero-order chi connectivity index (χ0) is 16.4. The molecule has 3 aromatic rings. The number of hydrogen-bond donors (Lipinski definition) is 1. The molecule has 23 heavy (non-hydrogen) atoms. The van der Waals surface area contributed by atoms with E-state index < -0.39 is 11.6 Å². The number of carbonyl (C=O) groups is 1. The highest BCUT2D eigenvalue weighted by atomic mass is 32.2. The number of amides is 1. The number of carbonyl (C=O) groups excluding carboxylic acids is 1. The highest BCUT2D eigenvalue weighted by molar-refractivity contribution is 7.99. The minimum Gasteiger partial charge on any atom is -0.325 e. The van der Waals surface area contributed by atoms with E-state index in [9.17, 15) is 13.6 Å². The fraction of sp³-hybridized carbons (Fsp3) is 0.125. The summed E-state index contributed by atoms with van der Waals surface area (Å²) in [5, 5.41) is 3.24. The Morgan fingerprint density at radius 1 is 1.22 bits per heavy atom. The second kappa shape index (κ2) is 6.37. The van der Waals surface area contributed by atoms with Crippen LogP contribution in [0.2, 0.25) is 0 Å². The lowest BCUT2D eigenvalue weighted by Gasteiger charge is -2.05. The van der Waals surface area contributed by atoms with Gasteiger partial charge in [-0.2, -0.15) is 0 Å². The van der Waals surface area contributed by atoms with E-state index in [1.165, 1.54) is 17.8 Å². The van der Waals surface area contributed by atoms with Gasteiger partial charge in [0, 0.05) is 18.8 Å². The zero-order valence-electron chi connectivity index (χ0n) is 12.2. The first-order valence-corrected chi connectivity index (χ1v) is 7.82. The maximum Gasteiger partial charge on any atom is 0.234 e. The number of thioether (sulfide) groups is 1. The fourth-order valence-corrected chi connectivity index (χ4v) is 2.94. The van der Waals surface area contributed by atoms with Crippen molar-refractivity contribution in [3.63, 3.8) is 0 Å². The minimum absolute atomic E-state index is 0.121. The van der Waals surface area contributed by atoms with Gasteiger partial charge in [-0.25, -0.2) is 13.8 Å². The number of imidazole rings is 1. The Labute approximate surface area is 135 Å². The Hall–Kier alpha value is -2.41. The summed E-state index contributed by atoms with van der Waals surface area (Å²) in [6, 6.07) is 10.9. The van der Waals surface area contributed by atoms with E-state index in [-0.39, 0.29) is 17.3 Å². The second-order valence-corrected chi connectivity index (χ2v) is 5.85. The first-order chi connectivity index (χ1) is 11.0. The van der Waals surface area contributed by atoms with Crippen LogP contribution in [0, 0.1) is 11.6 Å². The number of aromatic nitrogens is 2. The molecular formula is C16H13F2N3OS. The molecule has 1 heterocycles. The van der Waals surface area contributed by atoms with Crippen LogP contribution in [0.3, 0.4) is 0 Å². The maximum absolute atomic E-state index is 13.1. The Morgan fingerprint density at radius 2 is 2.00 bits per heavy atom. The number of anilines is 1. The number of halogens is 2. The number of para-hydroxylation sites is 2. The van der Waals surface area contributed by atoms with Crippen LogP contribution in [-0.4, -0.2) is 21.2 Å². The van der Waals surface area contributed by atoms with Gasteiger partial charge in [0.05, 0.1) is 16.8 Å². The molecule has 0 atom stereocenters. The average molecular weight is 333 g/mol. The highest BCUT2D eigenvalue weighted by Gasteiger charge is 2.11. The topological polar surface area (TPSA) is 46.9 Å². The number of nitrogens with one attached hydrogen (secondary N) is 1. The van der Waals surface area contributed by atoms with Gasteiger partial charge in [0.2, 0.25) is 5.91 Å². The SMILES string of the molecule is Cn1c(SCC(=O)Nc2ccc(F)c(F)c2)nc2ccccc21. The molecule has 0 unspecified atom stereocenters. The van der Waals surface area contributed by atoms with Gasteiger partial charge < -0.3 is 9.88 Å². The molecule has 0 bridgehead atoms. The van der Waals surface area contributed by atoms with Crippen LogP contribution >= 0.6 is 11.8 Å². The summed E-state index contributed by atoms with van der Waals surface area (Å²) in [4.78, 5) is 16.4. The van der Waals surface area contributed by atoms with E-state index in [1.807, 2.05) is 35.9 Å². The molecule has 4 nitrogen and oxygen atoms in total. The molecule has 2 aromatic carbocycles. The first-order valence-electron chi connectivity index (χ1n) is 6.84. The van der Waals surface area contributed by atoms with Crippen LogP contribution in [0.1, 0.15) is 0 Å². The Bertz CT molecular complexity index is 879. The van der Waals surface area contributed by atoms with Gasteiger partial charge in [0.25, 0.3) is 0 Å². The zero-order valence-corrected chi connectivity index (χ0v) is 13.0. The predicted octanol–water partition coefficient (Wildman–Crippen LogP) is 3.58. The second-order valence-electron chi connectivity index (χ2n) is 4.91. The van der Waals surface area contributed by atoms with Crippen LogP contribution in [0.4, 0.5) is 14.5 Å². The van der Waals surface area contributed by atoms with Crippen LogP contribution in [-0.2, 0) is 11.8 Å². The minimum atomic E-state index is -0.995. The number of nitrogens with zero attached hydrogens (tertiary/aromatic N) is 2. The van der Waals surface area contributed by atoms with Crippen molar-refractivity contribution in [2.24, 2.45) is 7.05 Å². The summed E-state index contributed by atoms with van der Waals surface area (Å²) >= 11 is 1.28. The van der Waals surface area contributed by atoms with E-state index in [1.54, 1.807) is 0 Å². The molecule has 0 aliphatic rings. The lowest BCUT2D eigenvalue weighted by molar-refractivity contribution is -0.113. The van der Waals surface area contributed by atoms with Crippen LogP contribution < -0.4 is 5.32 Å². The normalized spacial score (nSPS) is 10.9. The van der Waals surface area contributed by atoms with Gasteiger partial charge in [-0.15, -0.1) is 0 Å². The Balaban J connectivity index is 1.66. The predicted molar refractivity (Wildman–Crippen MR) is 86.4 cm³/mol. The van der Waals surface area contributed by atoms with E-state index in [4.69, 9.17) is 0 Å². The highest BCUT2D eigenvalue weighted by Crippen LogP contribution is 2.23. The van der Waals surface area contributed by atoms with Crippen LogP contribution in [0.15, 0.2) is 47.6 Å². The molecule has 1 amide bonds. The van der Waals surface area contributed by atoms with Crippen molar-refractivity contribution in [2.75, 3.05) is 11.1 Å². The van der Waals surface area contributed by atoms with Gasteiger partial charge in [0.15, 0.2) is 16.8 Å². The van der Waals surface area contributed by atoms with E-state index in [2.05, 4.69) is 10.3 Å². The van der Waals surface area contributed by atoms with Crippen molar-refractivity contribution in [2.45, 2.75) is 5.16 Å². The van der Waals surface area contributed by atoms with Crippen LogP contribution in [0.5, 0.6) is 0 Å². The molecule has 0 aliphatic heterocycles. The summed E-state index contributed by atoms with van der Waals surface area (Å²) in [6.07, 6.45) is 0. The van der Waals surface area contributed by atoms with Gasteiger partial charge in [-0.3, -0.25) is 4.79 Å². The first kappa shape index (κ1) is 15.5. The quantitative estimate of drug-likeness (QED) is 0.742. The van der Waals surface area contributed by atoms with Crippen molar-refractivity contribution in [1.82, 2.24) is 9.55 Å². The van der Waals surface area contributed by atoms with Crippen molar-refractivity contribution in [3.8, 4) is 0 Å². The summed E-state index contributed by atoms with van der Waals surface area (Å²) in [7, 11) is 1.88. The number of fused-ring (bicyclic) bond motifs is 1. The molecule has 3 rings (SSSR count). The molecule has 7 heteroatoms. The monoisotopic (exact) mass is 333 g/mol. The Kier molecular flexibility index (Phi) is 4.29. The third-order valence-corrected chi connectivity index (χ3v) is 4.31. The third kappa shape index (κ3) is 3.34. The molecule has 0 spiro atoms. The molecule has 1 aromatic heterocycles. The molecule has 0 saturated heterocycles.